The van der Waals surface area contributed by atoms with E-state index >= 15 is 0 Å². The first-order valence-electron chi connectivity index (χ1n) is 14.0. The molecule has 0 aliphatic carbocycles. The summed E-state index contributed by atoms with van der Waals surface area (Å²) in [5.41, 5.74) is 2.02. The van der Waals surface area contributed by atoms with Gasteiger partial charge in [-0.25, -0.2) is 14.2 Å². The second-order valence-electron chi connectivity index (χ2n) is 10.5. The summed E-state index contributed by atoms with van der Waals surface area (Å²) in [4.78, 5) is 35.2. The Balaban J connectivity index is 1.08. The molecule has 0 saturated carbocycles. The molecule has 1 aliphatic rings. The molecule has 0 bridgehead atoms. The number of carbonyl (C=O) groups is 2. The number of likely N-dealkylation sites (tertiary alicyclic amines) is 1. The van der Waals surface area contributed by atoms with Gasteiger partial charge in [0, 0.05) is 55.4 Å². The Hall–Kier alpha value is -5.42. The summed E-state index contributed by atoms with van der Waals surface area (Å²) >= 11 is 0. The predicted octanol–water partition coefficient (Wildman–Crippen LogP) is 6.27. The van der Waals surface area contributed by atoms with Crippen molar-refractivity contribution in [2.75, 3.05) is 18.4 Å². The molecule has 1 saturated heterocycles. The Bertz CT molecular complexity index is 1750. The van der Waals surface area contributed by atoms with Gasteiger partial charge in [0.1, 0.15) is 11.6 Å². The third kappa shape index (κ3) is 6.32. The summed E-state index contributed by atoms with van der Waals surface area (Å²) in [6, 6.07) is 26.9. The van der Waals surface area contributed by atoms with Crippen molar-refractivity contribution in [2.45, 2.75) is 25.0 Å². The number of benzene rings is 3. The number of aromatic nitrogens is 3. The molecule has 10 nitrogen and oxygen atoms in total. The number of pyridine rings is 1. The van der Waals surface area contributed by atoms with E-state index in [2.05, 4.69) is 25.3 Å². The Morgan fingerprint density at radius 2 is 1.66 bits per heavy atom. The molecule has 1 fully saturated rings. The van der Waals surface area contributed by atoms with Crippen LogP contribution in [-0.2, 0) is 16.1 Å². The van der Waals surface area contributed by atoms with Crippen LogP contribution in [0, 0.1) is 5.82 Å². The Morgan fingerprint density at radius 1 is 0.932 bits per heavy atom. The summed E-state index contributed by atoms with van der Waals surface area (Å²) in [5, 5.41) is 16.1. The minimum atomic E-state index is -1.50. The van der Waals surface area contributed by atoms with Gasteiger partial charge < -0.3 is 19.7 Å². The van der Waals surface area contributed by atoms with Gasteiger partial charge in [0.15, 0.2) is 5.60 Å². The monoisotopic (exact) mass is 593 g/mol. The summed E-state index contributed by atoms with van der Waals surface area (Å²) < 4.78 is 25.4. The van der Waals surface area contributed by atoms with Crippen molar-refractivity contribution in [3.05, 3.63) is 109 Å². The standard InChI is InChI=1S/C33H28FN5O5/c34-27-20-25(13-14-26(27)23-6-2-1-3-7-23)30-37-29(38-44-30)24-11-9-22(10-12-24)21-39-18-15-33(16-19-39,43-32(41)42)31(40)36-28-8-4-5-17-35-28/h1-14,17,20H,15-16,18-19,21H2,(H,41,42)(H,35,36,40). The molecule has 1 aliphatic heterocycles. The lowest BCUT2D eigenvalue weighted by atomic mass is 9.89. The van der Waals surface area contributed by atoms with Gasteiger partial charge in [0.05, 0.1) is 0 Å². The topological polar surface area (TPSA) is 131 Å². The van der Waals surface area contributed by atoms with Crippen molar-refractivity contribution < 1.29 is 28.3 Å². The highest BCUT2D eigenvalue weighted by atomic mass is 19.1. The van der Waals surface area contributed by atoms with Crippen LogP contribution in [0.1, 0.15) is 18.4 Å². The van der Waals surface area contributed by atoms with Crippen molar-refractivity contribution in [3.63, 3.8) is 0 Å². The fourth-order valence-corrected chi connectivity index (χ4v) is 5.26. The number of nitrogens with zero attached hydrogens (tertiary/aromatic N) is 4. The number of halogens is 1. The van der Waals surface area contributed by atoms with Crippen molar-refractivity contribution in [2.24, 2.45) is 0 Å². The van der Waals surface area contributed by atoms with E-state index in [1.807, 2.05) is 54.6 Å². The number of hydrogen-bond acceptors (Lipinski definition) is 8. The van der Waals surface area contributed by atoms with Crippen LogP contribution in [0.5, 0.6) is 0 Å². The zero-order valence-corrected chi connectivity index (χ0v) is 23.5. The van der Waals surface area contributed by atoms with Crippen LogP contribution < -0.4 is 5.32 Å². The molecule has 0 spiro atoms. The van der Waals surface area contributed by atoms with Crippen LogP contribution in [0.2, 0.25) is 0 Å². The molecule has 5 aromatic rings. The average Bonchev–Trinajstić information content (AvgIpc) is 3.54. The van der Waals surface area contributed by atoms with Crippen LogP contribution in [0.15, 0.2) is 102 Å². The lowest BCUT2D eigenvalue weighted by molar-refractivity contribution is -0.142. The minimum Gasteiger partial charge on any atom is -0.450 e. The van der Waals surface area contributed by atoms with Crippen LogP contribution in [-0.4, -0.2) is 55.9 Å². The largest absolute Gasteiger partial charge is 0.506 e. The first-order chi connectivity index (χ1) is 21.4. The van der Waals surface area contributed by atoms with Crippen molar-refractivity contribution in [1.82, 2.24) is 20.0 Å². The molecular formula is C33H28FN5O5. The molecule has 222 valence electrons. The predicted molar refractivity (Wildman–Crippen MR) is 160 cm³/mol. The van der Waals surface area contributed by atoms with Crippen LogP contribution in [0.3, 0.4) is 0 Å². The molecule has 3 aromatic carbocycles. The lowest BCUT2D eigenvalue weighted by Gasteiger charge is -2.39. The molecule has 2 aromatic heterocycles. The third-order valence-corrected chi connectivity index (χ3v) is 7.61. The van der Waals surface area contributed by atoms with E-state index in [1.165, 1.54) is 12.3 Å². The van der Waals surface area contributed by atoms with Crippen molar-refractivity contribution in [1.29, 1.82) is 0 Å². The number of anilines is 1. The van der Waals surface area contributed by atoms with Gasteiger partial charge >= 0.3 is 6.16 Å². The highest BCUT2D eigenvalue weighted by Crippen LogP contribution is 2.31. The number of amides is 1. The maximum absolute atomic E-state index is 14.9. The number of ether oxygens (including phenoxy) is 1. The molecule has 3 heterocycles. The second kappa shape index (κ2) is 12.4. The highest BCUT2D eigenvalue weighted by Gasteiger charge is 2.45. The number of nitrogens with one attached hydrogen (secondary N) is 1. The number of hydrogen-bond donors (Lipinski definition) is 2. The summed E-state index contributed by atoms with van der Waals surface area (Å²) in [6.07, 6.45) is 0.449. The summed E-state index contributed by atoms with van der Waals surface area (Å²) in [6.45, 7) is 1.51. The van der Waals surface area contributed by atoms with Crippen LogP contribution in [0.25, 0.3) is 34.0 Å². The zero-order valence-electron chi connectivity index (χ0n) is 23.5. The molecule has 6 rings (SSSR count). The summed E-state index contributed by atoms with van der Waals surface area (Å²) in [5.74, 6) is 0.0185. The van der Waals surface area contributed by atoms with Gasteiger partial charge in [-0.1, -0.05) is 71.9 Å². The van der Waals surface area contributed by atoms with E-state index in [0.717, 1.165) is 16.7 Å². The Morgan fingerprint density at radius 3 is 2.34 bits per heavy atom. The smallest absolute Gasteiger partial charge is 0.450 e. The van der Waals surface area contributed by atoms with Gasteiger partial charge in [-0.15, -0.1) is 0 Å². The van der Waals surface area contributed by atoms with E-state index in [0.29, 0.717) is 42.4 Å². The van der Waals surface area contributed by atoms with Gasteiger partial charge in [0.2, 0.25) is 5.82 Å². The molecule has 44 heavy (non-hydrogen) atoms. The number of piperidine rings is 1. The van der Waals surface area contributed by atoms with Gasteiger partial charge in [0.25, 0.3) is 11.8 Å². The SMILES string of the molecule is O=C(O)OC1(C(=O)Nc2ccccn2)CCN(Cc2ccc(-c3noc(-c4ccc(-c5ccccc5)c(F)c4)n3)cc2)CC1. The number of carbonyl (C=O) groups excluding carboxylic acids is 1. The maximum Gasteiger partial charge on any atom is 0.506 e. The van der Waals surface area contributed by atoms with Gasteiger partial charge in [-0.05, 0) is 35.4 Å². The Labute approximate surface area is 252 Å². The third-order valence-electron chi connectivity index (χ3n) is 7.61. The lowest BCUT2D eigenvalue weighted by Crippen LogP contribution is -2.54. The highest BCUT2D eigenvalue weighted by molar-refractivity contribution is 5.97. The molecule has 0 unspecified atom stereocenters. The first-order valence-corrected chi connectivity index (χ1v) is 14.0. The minimum absolute atomic E-state index is 0.203. The fourth-order valence-electron chi connectivity index (χ4n) is 5.26. The second-order valence-corrected chi connectivity index (χ2v) is 10.5. The van der Waals surface area contributed by atoms with E-state index in [9.17, 15) is 19.1 Å². The maximum atomic E-state index is 14.9. The molecule has 0 radical (unpaired) electrons. The number of rotatable bonds is 8. The van der Waals surface area contributed by atoms with Crippen molar-refractivity contribution >= 4 is 17.9 Å². The molecular weight excluding hydrogens is 565 g/mol. The zero-order chi connectivity index (χ0) is 30.5. The quantitative estimate of drug-likeness (QED) is 0.200. The average molecular weight is 594 g/mol. The van der Waals surface area contributed by atoms with Crippen LogP contribution in [0.4, 0.5) is 15.0 Å². The van der Waals surface area contributed by atoms with Gasteiger partial charge in [-0.2, -0.15) is 4.98 Å². The van der Waals surface area contributed by atoms with Gasteiger partial charge in [-0.3, -0.25) is 9.69 Å². The summed E-state index contributed by atoms with van der Waals surface area (Å²) in [7, 11) is 0. The first kappa shape index (κ1) is 28.7. The Kier molecular flexibility index (Phi) is 8.11. The van der Waals surface area contributed by atoms with E-state index < -0.39 is 17.7 Å². The molecule has 1 amide bonds. The molecule has 0 atom stereocenters. The molecule has 11 heteroatoms. The molecule has 2 N–H and O–H groups in total. The van der Waals surface area contributed by atoms with Crippen molar-refractivity contribution in [3.8, 4) is 34.0 Å². The van der Waals surface area contributed by atoms with Crippen LogP contribution >= 0.6 is 0 Å². The normalized spacial score (nSPS) is 14.6. The van der Waals surface area contributed by atoms with E-state index in [4.69, 9.17) is 9.26 Å². The number of carboxylic acid groups (broad SMARTS) is 1. The van der Waals surface area contributed by atoms with E-state index in [1.54, 1.807) is 30.3 Å². The fraction of sp³-hybridized carbons (Fsp3) is 0.182. The van der Waals surface area contributed by atoms with E-state index in [-0.39, 0.29) is 24.5 Å².